The number of nitrogens with zero attached hydrogens (tertiary/aromatic N) is 1. The van der Waals surface area contributed by atoms with Gasteiger partial charge in [-0.25, -0.2) is 4.79 Å². The first-order chi connectivity index (χ1) is 9.21. The molecule has 6 heteroatoms. The van der Waals surface area contributed by atoms with E-state index in [4.69, 9.17) is 19.1 Å². The Hall–Kier alpha value is -2.50. The molecule has 2 rings (SSSR count). The molecule has 0 aliphatic heterocycles. The van der Waals surface area contributed by atoms with Gasteiger partial charge in [0.05, 0.1) is 19.6 Å². The SMILES string of the molecule is COc1cc2oc(=O)ccc2c(OC)c1C/C=N/O. The second-order valence-corrected chi connectivity index (χ2v) is 3.76. The predicted octanol–water partition coefficient (Wildman–Crippen LogP) is 1.81. The molecule has 19 heavy (non-hydrogen) atoms. The standard InChI is InChI=1S/C13H13NO5/c1-17-10-7-11-8(3-4-12(15)19-11)13(18-2)9(10)5-6-14-16/h3-4,6-7,16H,5H2,1-2H3/b14-6+. The lowest BCUT2D eigenvalue weighted by Crippen LogP contribution is -2.01. The molecule has 0 saturated heterocycles. The van der Waals surface area contributed by atoms with Crippen molar-refractivity contribution >= 4 is 17.2 Å². The van der Waals surface area contributed by atoms with Crippen LogP contribution in [0, 0.1) is 0 Å². The summed E-state index contributed by atoms with van der Waals surface area (Å²) in [4.78, 5) is 11.2. The number of fused-ring (bicyclic) bond motifs is 1. The van der Waals surface area contributed by atoms with E-state index >= 15 is 0 Å². The van der Waals surface area contributed by atoms with Crippen LogP contribution in [0.4, 0.5) is 0 Å². The number of hydrogen-bond acceptors (Lipinski definition) is 6. The van der Waals surface area contributed by atoms with E-state index in [0.29, 0.717) is 34.5 Å². The minimum absolute atomic E-state index is 0.331. The van der Waals surface area contributed by atoms with E-state index in [9.17, 15) is 4.79 Å². The Labute approximate surface area is 108 Å². The van der Waals surface area contributed by atoms with Gasteiger partial charge in [0, 0.05) is 30.3 Å². The van der Waals surface area contributed by atoms with Gasteiger partial charge in [-0.05, 0) is 6.07 Å². The Morgan fingerprint density at radius 2 is 2.16 bits per heavy atom. The Kier molecular flexibility index (Phi) is 3.70. The third-order valence-electron chi connectivity index (χ3n) is 2.74. The Morgan fingerprint density at radius 3 is 2.79 bits per heavy atom. The minimum Gasteiger partial charge on any atom is -0.496 e. The zero-order valence-corrected chi connectivity index (χ0v) is 10.5. The molecular weight excluding hydrogens is 250 g/mol. The third-order valence-corrected chi connectivity index (χ3v) is 2.74. The van der Waals surface area contributed by atoms with E-state index in [-0.39, 0.29) is 0 Å². The number of rotatable bonds is 4. The maximum Gasteiger partial charge on any atom is 0.336 e. The van der Waals surface area contributed by atoms with Gasteiger partial charge in [0.25, 0.3) is 0 Å². The van der Waals surface area contributed by atoms with Crippen molar-refractivity contribution in [1.29, 1.82) is 0 Å². The van der Waals surface area contributed by atoms with E-state index in [1.165, 1.54) is 26.5 Å². The highest BCUT2D eigenvalue weighted by molar-refractivity contribution is 5.88. The number of ether oxygens (including phenoxy) is 2. The topological polar surface area (TPSA) is 81.3 Å². The molecule has 0 unspecified atom stereocenters. The van der Waals surface area contributed by atoms with Crippen molar-refractivity contribution in [2.24, 2.45) is 5.16 Å². The largest absolute Gasteiger partial charge is 0.496 e. The van der Waals surface area contributed by atoms with Gasteiger partial charge in [0.1, 0.15) is 17.1 Å². The quantitative estimate of drug-likeness (QED) is 0.394. The van der Waals surface area contributed by atoms with Gasteiger partial charge < -0.3 is 19.1 Å². The molecule has 2 aromatic rings. The molecular formula is C13H13NO5. The maximum absolute atomic E-state index is 11.2. The van der Waals surface area contributed by atoms with E-state index < -0.39 is 5.63 Å². The van der Waals surface area contributed by atoms with Gasteiger partial charge >= 0.3 is 5.63 Å². The van der Waals surface area contributed by atoms with Gasteiger partial charge in [0.15, 0.2) is 0 Å². The summed E-state index contributed by atoms with van der Waals surface area (Å²) in [6.45, 7) is 0. The fourth-order valence-corrected chi connectivity index (χ4v) is 1.95. The summed E-state index contributed by atoms with van der Waals surface area (Å²) in [6, 6.07) is 4.56. The second-order valence-electron chi connectivity index (χ2n) is 3.76. The van der Waals surface area contributed by atoms with Crippen molar-refractivity contribution in [3.05, 3.63) is 34.2 Å². The Bertz CT molecular complexity index is 675. The molecule has 1 heterocycles. The molecule has 0 radical (unpaired) electrons. The van der Waals surface area contributed by atoms with Crippen molar-refractivity contribution in [2.45, 2.75) is 6.42 Å². The number of oxime groups is 1. The van der Waals surface area contributed by atoms with E-state index in [0.717, 1.165) is 0 Å². The average Bonchev–Trinajstić information content (AvgIpc) is 2.43. The first-order valence-electron chi connectivity index (χ1n) is 5.55. The van der Waals surface area contributed by atoms with Crippen molar-refractivity contribution in [1.82, 2.24) is 0 Å². The zero-order chi connectivity index (χ0) is 13.8. The van der Waals surface area contributed by atoms with Crippen LogP contribution in [-0.2, 0) is 6.42 Å². The van der Waals surface area contributed by atoms with Gasteiger partial charge in [-0.1, -0.05) is 0 Å². The van der Waals surface area contributed by atoms with Crippen LogP contribution < -0.4 is 15.1 Å². The summed E-state index contributed by atoms with van der Waals surface area (Å²) < 4.78 is 15.7. The van der Waals surface area contributed by atoms with E-state index in [1.54, 1.807) is 12.1 Å². The summed E-state index contributed by atoms with van der Waals surface area (Å²) in [7, 11) is 3.01. The molecule has 1 aromatic carbocycles. The van der Waals surface area contributed by atoms with Crippen LogP contribution >= 0.6 is 0 Å². The first-order valence-corrected chi connectivity index (χ1v) is 5.55. The number of hydrogen-bond donors (Lipinski definition) is 1. The average molecular weight is 263 g/mol. The summed E-state index contributed by atoms with van der Waals surface area (Å²) >= 11 is 0. The molecule has 0 saturated carbocycles. The fraction of sp³-hybridized carbons (Fsp3) is 0.231. The molecule has 0 spiro atoms. The van der Waals surface area contributed by atoms with Crippen molar-refractivity contribution in [3.63, 3.8) is 0 Å². The van der Waals surface area contributed by atoms with Gasteiger partial charge in [-0.3, -0.25) is 0 Å². The molecule has 0 amide bonds. The number of methoxy groups -OCH3 is 2. The Morgan fingerprint density at radius 1 is 1.37 bits per heavy atom. The van der Waals surface area contributed by atoms with Crippen molar-refractivity contribution < 1.29 is 19.1 Å². The van der Waals surface area contributed by atoms with Crippen LogP contribution in [0.15, 0.2) is 32.6 Å². The second kappa shape index (κ2) is 5.43. The summed E-state index contributed by atoms with van der Waals surface area (Å²) in [6.07, 6.45) is 1.66. The first kappa shape index (κ1) is 12.9. The lowest BCUT2D eigenvalue weighted by molar-refractivity contribution is 0.320. The van der Waals surface area contributed by atoms with E-state index in [2.05, 4.69) is 5.16 Å². The van der Waals surface area contributed by atoms with Crippen LogP contribution in [0.3, 0.4) is 0 Å². The summed E-state index contributed by atoms with van der Waals surface area (Å²) in [5, 5.41) is 12.2. The van der Waals surface area contributed by atoms with Gasteiger partial charge in [-0.15, -0.1) is 5.16 Å². The molecule has 0 fully saturated rings. The minimum atomic E-state index is -0.443. The molecule has 0 aliphatic rings. The monoisotopic (exact) mass is 263 g/mol. The van der Waals surface area contributed by atoms with Gasteiger partial charge in [-0.2, -0.15) is 0 Å². The smallest absolute Gasteiger partial charge is 0.336 e. The molecule has 0 bridgehead atoms. The summed E-state index contributed by atoms with van der Waals surface area (Å²) in [5.74, 6) is 1.02. The maximum atomic E-state index is 11.2. The summed E-state index contributed by atoms with van der Waals surface area (Å²) in [5.41, 5.74) is 0.649. The zero-order valence-electron chi connectivity index (χ0n) is 10.5. The predicted molar refractivity (Wildman–Crippen MR) is 69.6 cm³/mol. The highest BCUT2D eigenvalue weighted by Gasteiger charge is 2.15. The normalized spacial score (nSPS) is 11.1. The molecule has 1 aromatic heterocycles. The van der Waals surface area contributed by atoms with E-state index in [1.807, 2.05) is 0 Å². The molecule has 6 nitrogen and oxygen atoms in total. The molecule has 0 atom stereocenters. The molecule has 100 valence electrons. The lowest BCUT2D eigenvalue weighted by Gasteiger charge is -2.13. The highest BCUT2D eigenvalue weighted by Crippen LogP contribution is 2.36. The number of benzene rings is 1. The van der Waals surface area contributed by atoms with Crippen molar-refractivity contribution in [3.8, 4) is 11.5 Å². The van der Waals surface area contributed by atoms with Gasteiger partial charge in [0.2, 0.25) is 0 Å². The van der Waals surface area contributed by atoms with Crippen LogP contribution in [0.2, 0.25) is 0 Å². The molecule has 1 N–H and O–H groups in total. The fourth-order valence-electron chi connectivity index (χ4n) is 1.95. The lowest BCUT2D eigenvalue weighted by atomic mass is 10.1. The third kappa shape index (κ3) is 2.37. The van der Waals surface area contributed by atoms with Crippen molar-refractivity contribution in [2.75, 3.05) is 14.2 Å². The molecule has 0 aliphatic carbocycles. The highest BCUT2D eigenvalue weighted by atomic mass is 16.5. The van der Waals surface area contributed by atoms with Crippen LogP contribution in [0.5, 0.6) is 11.5 Å². The van der Waals surface area contributed by atoms with Crippen LogP contribution in [0.25, 0.3) is 11.0 Å². The Balaban J connectivity index is 2.77. The van der Waals surface area contributed by atoms with Crippen LogP contribution in [-0.4, -0.2) is 25.6 Å². The van der Waals surface area contributed by atoms with Crippen LogP contribution in [0.1, 0.15) is 5.56 Å².